The van der Waals surface area contributed by atoms with E-state index in [1.54, 1.807) is 0 Å². The smallest absolute Gasteiger partial charge is 0.0558 e. The van der Waals surface area contributed by atoms with Crippen molar-refractivity contribution in [1.82, 2.24) is 10.2 Å². The van der Waals surface area contributed by atoms with Crippen LogP contribution in [0.2, 0.25) is 0 Å². The van der Waals surface area contributed by atoms with Crippen LogP contribution < -0.4 is 5.32 Å². The summed E-state index contributed by atoms with van der Waals surface area (Å²) in [6.45, 7) is 8.45. The highest BCUT2D eigenvalue weighted by Crippen LogP contribution is 2.16. The molecule has 1 aromatic rings. The van der Waals surface area contributed by atoms with Crippen molar-refractivity contribution < 1.29 is 5.11 Å². The van der Waals surface area contributed by atoms with E-state index in [1.807, 2.05) is 0 Å². The molecule has 0 aromatic heterocycles. The van der Waals surface area contributed by atoms with Crippen LogP contribution in [0.25, 0.3) is 0 Å². The standard InChI is InChI=1S/C16H26N2O/c1-13-5-3-6-15(14(13)2)11-18(9-10-19)12-16-7-4-8-17-16/h3,5-6,16-17,19H,4,7-12H2,1-2H3. The quantitative estimate of drug-likeness (QED) is 0.821. The minimum atomic E-state index is 0.234. The molecule has 0 amide bonds. The average Bonchev–Trinajstić information content (AvgIpc) is 2.88. The van der Waals surface area contributed by atoms with Crippen molar-refractivity contribution in [2.24, 2.45) is 0 Å². The summed E-state index contributed by atoms with van der Waals surface area (Å²) in [4.78, 5) is 2.37. The Balaban J connectivity index is 2.00. The van der Waals surface area contributed by atoms with Crippen LogP contribution >= 0.6 is 0 Å². The lowest BCUT2D eigenvalue weighted by molar-refractivity contribution is 0.179. The summed E-state index contributed by atoms with van der Waals surface area (Å²) in [5.74, 6) is 0. The minimum Gasteiger partial charge on any atom is -0.395 e. The molecule has 1 aliphatic heterocycles. The van der Waals surface area contributed by atoms with E-state index < -0.39 is 0 Å². The molecule has 0 saturated carbocycles. The number of aliphatic hydroxyl groups is 1. The first-order valence-electron chi connectivity index (χ1n) is 7.32. The Morgan fingerprint density at radius 3 is 2.89 bits per heavy atom. The Kier molecular flexibility index (Phi) is 5.37. The first-order chi connectivity index (χ1) is 9.20. The molecule has 3 heteroatoms. The van der Waals surface area contributed by atoms with E-state index in [0.717, 1.165) is 26.2 Å². The van der Waals surface area contributed by atoms with Gasteiger partial charge in [0.25, 0.3) is 0 Å². The predicted octanol–water partition coefficient (Wildman–Crippen LogP) is 1.85. The van der Waals surface area contributed by atoms with Gasteiger partial charge in [-0.15, -0.1) is 0 Å². The van der Waals surface area contributed by atoms with E-state index in [-0.39, 0.29) is 6.61 Å². The fraction of sp³-hybridized carbons (Fsp3) is 0.625. The van der Waals surface area contributed by atoms with E-state index in [1.165, 1.54) is 29.5 Å². The summed E-state index contributed by atoms with van der Waals surface area (Å²) in [7, 11) is 0. The zero-order valence-electron chi connectivity index (χ0n) is 12.2. The topological polar surface area (TPSA) is 35.5 Å². The average molecular weight is 262 g/mol. The van der Waals surface area contributed by atoms with Crippen molar-refractivity contribution >= 4 is 0 Å². The molecule has 0 aliphatic carbocycles. The van der Waals surface area contributed by atoms with Crippen LogP contribution in [0.3, 0.4) is 0 Å². The Bertz CT molecular complexity index is 400. The zero-order valence-corrected chi connectivity index (χ0v) is 12.2. The summed E-state index contributed by atoms with van der Waals surface area (Å²) in [6.07, 6.45) is 2.54. The van der Waals surface area contributed by atoms with Crippen molar-refractivity contribution in [3.05, 3.63) is 34.9 Å². The van der Waals surface area contributed by atoms with Crippen LogP contribution in [0.5, 0.6) is 0 Å². The Hall–Kier alpha value is -0.900. The van der Waals surface area contributed by atoms with Gasteiger partial charge in [0.2, 0.25) is 0 Å². The number of aryl methyl sites for hydroxylation is 1. The molecule has 1 aliphatic rings. The second-order valence-electron chi connectivity index (χ2n) is 5.61. The number of aliphatic hydroxyl groups excluding tert-OH is 1. The van der Waals surface area contributed by atoms with E-state index in [2.05, 4.69) is 42.3 Å². The molecule has 1 heterocycles. The molecular formula is C16H26N2O. The van der Waals surface area contributed by atoms with Gasteiger partial charge in [0.15, 0.2) is 0 Å². The van der Waals surface area contributed by atoms with Gasteiger partial charge < -0.3 is 10.4 Å². The molecular weight excluding hydrogens is 236 g/mol. The Morgan fingerprint density at radius 2 is 2.21 bits per heavy atom. The van der Waals surface area contributed by atoms with Crippen LogP contribution in [0.1, 0.15) is 29.5 Å². The first-order valence-corrected chi connectivity index (χ1v) is 7.32. The van der Waals surface area contributed by atoms with Crippen LogP contribution in [0.15, 0.2) is 18.2 Å². The van der Waals surface area contributed by atoms with Gasteiger partial charge in [-0.3, -0.25) is 4.90 Å². The van der Waals surface area contributed by atoms with Gasteiger partial charge in [0.05, 0.1) is 6.61 Å². The number of rotatable bonds is 6. The molecule has 1 aromatic carbocycles. The normalized spacial score (nSPS) is 19.3. The zero-order chi connectivity index (χ0) is 13.7. The van der Waals surface area contributed by atoms with Crippen molar-refractivity contribution in [2.45, 2.75) is 39.3 Å². The van der Waals surface area contributed by atoms with Crippen LogP contribution in [0.4, 0.5) is 0 Å². The van der Waals surface area contributed by atoms with Crippen LogP contribution in [-0.2, 0) is 6.54 Å². The molecule has 0 radical (unpaired) electrons. The summed E-state index contributed by atoms with van der Waals surface area (Å²) < 4.78 is 0. The summed E-state index contributed by atoms with van der Waals surface area (Å²) in [5.41, 5.74) is 4.11. The number of nitrogens with one attached hydrogen (secondary N) is 1. The first kappa shape index (κ1) is 14.5. The highest BCUT2D eigenvalue weighted by molar-refractivity contribution is 5.33. The second-order valence-corrected chi connectivity index (χ2v) is 5.61. The van der Waals surface area contributed by atoms with Crippen molar-refractivity contribution in [1.29, 1.82) is 0 Å². The Labute approximate surface area is 116 Å². The molecule has 1 saturated heterocycles. The summed E-state index contributed by atoms with van der Waals surface area (Å²) >= 11 is 0. The maximum absolute atomic E-state index is 9.25. The number of nitrogens with zero attached hydrogens (tertiary/aromatic N) is 1. The highest BCUT2D eigenvalue weighted by Gasteiger charge is 2.18. The van der Waals surface area contributed by atoms with Gasteiger partial charge in [0.1, 0.15) is 0 Å². The lowest BCUT2D eigenvalue weighted by Gasteiger charge is -2.26. The molecule has 3 nitrogen and oxygen atoms in total. The van der Waals surface area contributed by atoms with Crippen molar-refractivity contribution in [2.75, 3.05) is 26.2 Å². The largest absolute Gasteiger partial charge is 0.395 e. The van der Waals surface area contributed by atoms with Gasteiger partial charge >= 0.3 is 0 Å². The van der Waals surface area contributed by atoms with E-state index >= 15 is 0 Å². The lowest BCUT2D eigenvalue weighted by Crippen LogP contribution is -2.38. The highest BCUT2D eigenvalue weighted by atomic mass is 16.3. The van der Waals surface area contributed by atoms with E-state index in [4.69, 9.17) is 0 Å². The fourth-order valence-electron chi connectivity index (χ4n) is 2.82. The third-order valence-electron chi connectivity index (χ3n) is 4.17. The Morgan fingerprint density at radius 1 is 1.37 bits per heavy atom. The molecule has 2 rings (SSSR count). The third kappa shape index (κ3) is 4.03. The molecule has 2 N–H and O–H groups in total. The molecule has 106 valence electrons. The van der Waals surface area contributed by atoms with Crippen molar-refractivity contribution in [3.8, 4) is 0 Å². The summed E-state index contributed by atoms with van der Waals surface area (Å²) in [6, 6.07) is 7.09. The van der Waals surface area contributed by atoms with Crippen molar-refractivity contribution in [3.63, 3.8) is 0 Å². The summed E-state index contributed by atoms with van der Waals surface area (Å²) in [5, 5.41) is 12.8. The third-order valence-corrected chi connectivity index (χ3v) is 4.17. The fourth-order valence-corrected chi connectivity index (χ4v) is 2.82. The number of hydrogen-bond donors (Lipinski definition) is 2. The SMILES string of the molecule is Cc1cccc(CN(CCO)CC2CCCN2)c1C. The molecule has 0 spiro atoms. The molecule has 19 heavy (non-hydrogen) atoms. The van der Waals surface area contributed by atoms with Gasteiger partial charge in [-0.2, -0.15) is 0 Å². The minimum absolute atomic E-state index is 0.234. The molecule has 1 atom stereocenters. The van der Waals surface area contributed by atoms with E-state index in [9.17, 15) is 5.11 Å². The molecule has 0 bridgehead atoms. The molecule has 1 fully saturated rings. The lowest BCUT2D eigenvalue weighted by atomic mass is 10.0. The predicted molar refractivity (Wildman–Crippen MR) is 79.3 cm³/mol. The molecule has 1 unspecified atom stereocenters. The van der Waals surface area contributed by atoms with Gasteiger partial charge in [-0.05, 0) is 49.9 Å². The van der Waals surface area contributed by atoms with Crippen LogP contribution in [0, 0.1) is 13.8 Å². The number of hydrogen-bond acceptors (Lipinski definition) is 3. The van der Waals surface area contributed by atoms with Gasteiger partial charge in [0, 0.05) is 25.7 Å². The maximum Gasteiger partial charge on any atom is 0.0558 e. The monoisotopic (exact) mass is 262 g/mol. The van der Waals surface area contributed by atoms with Gasteiger partial charge in [-0.1, -0.05) is 18.2 Å². The maximum atomic E-state index is 9.25. The van der Waals surface area contributed by atoms with Crippen LogP contribution in [-0.4, -0.2) is 42.3 Å². The van der Waals surface area contributed by atoms with E-state index in [0.29, 0.717) is 6.04 Å². The number of benzene rings is 1. The van der Waals surface area contributed by atoms with Gasteiger partial charge in [-0.25, -0.2) is 0 Å². The second kappa shape index (κ2) is 7.04.